The summed E-state index contributed by atoms with van der Waals surface area (Å²) in [5.41, 5.74) is 0.958. The third-order valence-corrected chi connectivity index (χ3v) is 5.17. The second kappa shape index (κ2) is 6.65. The fourth-order valence-electron chi connectivity index (χ4n) is 3.85. The van der Waals surface area contributed by atoms with Gasteiger partial charge in [0.15, 0.2) is 17.3 Å². The van der Waals surface area contributed by atoms with Crippen molar-refractivity contribution in [1.29, 1.82) is 0 Å². The van der Waals surface area contributed by atoms with Crippen LogP contribution in [0.4, 0.5) is 0 Å². The molecular weight excluding hydrogens is 292 g/mol. The summed E-state index contributed by atoms with van der Waals surface area (Å²) in [6, 6.07) is 7.45. The van der Waals surface area contributed by atoms with Crippen LogP contribution < -0.4 is 4.74 Å². The summed E-state index contributed by atoms with van der Waals surface area (Å²) in [5.74, 6) is -0.952. The lowest BCUT2D eigenvalue weighted by Gasteiger charge is -2.27. The Labute approximate surface area is 136 Å². The van der Waals surface area contributed by atoms with Crippen LogP contribution in [0.1, 0.15) is 50.0 Å². The van der Waals surface area contributed by atoms with Crippen LogP contribution in [0.25, 0.3) is 0 Å². The molecule has 2 saturated carbocycles. The summed E-state index contributed by atoms with van der Waals surface area (Å²) in [6.45, 7) is 0. The number of rotatable bonds is 4. The van der Waals surface area contributed by atoms with Crippen molar-refractivity contribution in [3.63, 3.8) is 0 Å². The van der Waals surface area contributed by atoms with Gasteiger partial charge in [-0.15, -0.1) is 0 Å². The monoisotopic (exact) mass is 314 g/mol. The van der Waals surface area contributed by atoms with E-state index in [0.717, 1.165) is 37.0 Å². The Hall–Kier alpha value is -1.97. The van der Waals surface area contributed by atoms with Crippen LogP contribution in [-0.2, 0) is 14.4 Å². The summed E-state index contributed by atoms with van der Waals surface area (Å²) < 4.78 is 5.13. The quantitative estimate of drug-likeness (QED) is 0.801. The molecule has 4 heteroatoms. The highest BCUT2D eigenvalue weighted by Crippen LogP contribution is 2.36. The lowest BCUT2D eigenvalue weighted by atomic mass is 9.73. The zero-order valence-electron chi connectivity index (χ0n) is 13.4. The smallest absolute Gasteiger partial charge is 0.153 e. The number of carbonyl (C=O) groups excluding carboxylic acids is 3. The largest absolute Gasteiger partial charge is 0.497 e. The molecule has 0 unspecified atom stereocenters. The van der Waals surface area contributed by atoms with E-state index in [0.29, 0.717) is 0 Å². The molecule has 0 aliphatic heterocycles. The topological polar surface area (TPSA) is 60.4 Å². The highest BCUT2D eigenvalue weighted by molar-refractivity contribution is 6.21. The molecule has 2 fully saturated rings. The van der Waals surface area contributed by atoms with E-state index in [2.05, 4.69) is 0 Å². The van der Waals surface area contributed by atoms with Gasteiger partial charge in [0, 0.05) is 18.8 Å². The van der Waals surface area contributed by atoms with Gasteiger partial charge in [0.05, 0.1) is 7.11 Å². The highest BCUT2D eigenvalue weighted by atomic mass is 16.5. The average Bonchev–Trinajstić information content (AvgIpc) is 3.08. The van der Waals surface area contributed by atoms with Gasteiger partial charge in [-0.25, -0.2) is 0 Å². The third kappa shape index (κ3) is 3.21. The molecule has 0 amide bonds. The second-order valence-electron chi connectivity index (χ2n) is 6.63. The maximum atomic E-state index is 12.5. The Bertz CT molecular complexity index is 593. The fraction of sp³-hybridized carbons (Fsp3) is 0.526. The Morgan fingerprint density at radius 1 is 1.00 bits per heavy atom. The van der Waals surface area contributed by atoms with Gasteiger partial charge in [-0.1, -0.05) is 25.0 Å². The van der Waals surface area contributed by atoms with Gasteiger partial charge in [-0.05, 0) is 36.5 Å². The van der Waals surface area contributed by atoms with E-state index >= 15 is 0 Å². The van der Waals surface area contributed by atoms with Crippen LogP contribution in [-0.4, -0.2) is 24.5 Å². The maximum absolute atomic E-state index is 12.5. The molecule has 0 N–H and O–H groups in total. The molecule has 0 aromatic heterocycles. The molecule has 2 aliphatic carbocycles. The molecule has 122 valence electrons. The number of methoxy groups -OCH3 is 1. The van der Waals surface area contributed by atoms with Crippen molar-refractivity contribution in [3.05, 3.63) is 29.8 Å². The van der Waals surface area contributed by atoms with Gasteiger partial charge in [-0.3, -0.25) is 14.4 Å². The molecule has 4 nitrogen and oxygen atoms in total. The number of benzene rings is 1. The van der Waals surface area contributed by atoms with Crippen molar-refractivity contribution >= 4 is 17.3 Å². The van der Waals surface area contributed by atoms with E-state index in [1.54, 1.807) is 7.11 Å². The first-order chi connectivity index (χ1) is 11.1. The van der Waals surface area contributed by atoms with Crippen LogP contribution in [0.15, 0.2) is 24.3 Å². The molecule has 0 atom stereocenters. The molecule has 0 radical (unpaired) electrons. The van der Waals surface area contributed by atoms with Gasteiger partial charge in [0.2, 0.25) is 0 Å². The summed E-state index contributed by atoms with van der Waals surface area (Å²) >= 11 is 0. The van der Waals surface area contributed by atoms with Gasteiger partial charge in [0.25, 0.3) is 0 Å². The Balaban J connectivity index is 1.72. The van der Waals surface area contributed by atoms with Crippen LogP contribution >= 0.6 is 0 Å². The number of Topliss-reactive ketones (excluding diaryl/α,β-unsaturated/α-hetero) is 3. The first kappa shape index (κ1) is 15.9. The van der Waals surface area contributed by atoms with Crippen molar-refractivity contribution in [3.8, 4) is 5.75 Å². The maximum Gasteiger partial charge on any atom is 0.153 e. The fourth-order valence-corrected chi connectivity index (χ4v) is 3.85. The predicted octanol–water partition coefficient (Wildman–Crippen LogP) is 3.09. The zero-order chi connectivity index (χ0) is 16.4. The first-order valence-corrected chi connectivity index (χ1v) is 8.33. The zero-order valence-corrected chi connectivity index (χ0v) is 13.4. The van der Waals surface area contributed by atoms with E-state index < -0.39 is 5.92 Å². The molecule has 2 aliphatic rings. The summed E-state index contributed by atoms with van der Waals surface area (Å²) in [7, 11) is 1.60. The van der Waals surface area contributed by atoms with Crippen LogP contribution in [0.2, 0.25) is 0 Å². The van der Waals surface area contributed by atoms with E-state index in [1.165, 1.54) is 0 Å². The second-order valence-corrected chi connectivity index (χ2v) is 6.63. The molecule has 23 heavy (non-hydrogen) atoms. The van der Waals surface area contributed by atoms with Gasteiger partial charge < -0.3 is 4.74 Å². The SMILES string of the molecule is COc1ccc(C2CC(=O)C(C(=O)C3CCCC3)C(=O)C2)cc1. The Morgan fingerprint density at radius 2 is 1.57 bits per heavy atom. The van der Waals surface area contributed by atoms with E-state index in [-0.39, 0.29) is 42.0 Å². The van der Waals surface area contributed by atoms with Crippen molar-refractivity contribution in [2.24, 2.45) is 11.8 Å². The summed E-state index contributed by atoms with van der Waals surface area (Å²) in [4.78, 5) is 37.4. The summed E-state index contributed by atoms with van der Waals surface area (Å²) in [5, 5.41) is 0. The van der Waals surface area contributed by atoms with Crippen molar-refractivity contribution in [2.45, 2.75) is 44.4 Å². The lowest BCUT2D eigenvalue weighted by molar-refractivity contribution is -0.144. The van der Waals surface area contributed by atoms with Crippen molar-refractivity contribution in [2.75, 3.05) is 7.11 Å². The molecular formula is C19H22O4. The Kier molecular flexibility index (Phi) is 4.60. The number of ketones is 3. The van der Waals surface area contributed by atoms with Gasteiger partial charge in [-0.2, -0.15) is 0 Å². The van der Waals surface area contributed by atoms with E-state index in [4.69, 9.17) is 4.74 Å². The number of hydrogen-bond donors (Lipinski definition) is 0. The van der Waals surface area contributed by atoms with Crippen molar-refractivity contribution in [1.82, 2.24) is 0 Å². The average molecular weight is 314 g/mol. The molecule has 0 heterocycles. The predicted molar refractivity (Wildman–Crippen MR) is 85.4 cm³/mol. The molecule has 0 spiro atoms. The molecule has 1 aromatic rings. The van der Waals surface area contributed by atoms with Crippen LogP contribution in [0.5, 0.6) is 5.75 Å². The summed E-state index contributed by atoms with van der Waals surface area (Å²) in [6.07, 6.45) is 4.28. The number of ether oxygens (including phenoxy) is 1. The number of hydrogen-bond acceptors (Lipinski definition) is 4. The van der Waals surface area contributed by atoms with Crippen LogP contribution in [0.3, 0.4) is 0 Å². The van der Waals surface area contributed by atoms with Crippen LogP contribution in [0, 0.1) is 11.8 Å². The van der Waals surface area contributed by atoms with Gasteiger partial charge in [0.1, 0.15) is 11.7 Å². The molecule has 3 rings (SSSR count). The van der Waals surface area contributed by atoms with E-state index in [1.807, 2.05) is 24.3 Å². The third-order valence-electron chi connectivity index (χ3n) is 5.17. The minimum Gasteiger partial charge on any atom is -0.497 e. The highest BCUT2D eigenvalue weighted by Gasteiger charge is 2.43. The van der Waals surface area contributed by atoms with Crippen molar-refractivity contribution < 1.29 is 19.1 Å². The number of carbonyl (C=O) groups is 3. The molecule has 0 saturated heterocycles. The minimum atomic E-state index is -0.993. The minimum absolute atomic E-state index is 0.0783. The normalized spacial score (nSPS) is 25.6. The standard InChI is InChI=1S/C19H22O4/c1-23-15-8-6-12(7-9-15)14-10-16(20)18(17(21)11-14)19(22)13-4-2-3-5-13/h6-9,13-14,18H,2-5,10-11H2,1H3. The molecule has 0 bridgehead atoms. The Morgan fingerprint density at radius 3 is 2.09 bits per heavy atom. The van der Waals surface area contributed by atoms with E-state index in [9.17, 15) is 14.4 Å². The van der Waals surface area contributed by atoms with Gasteiger partial charge >= 0.3 is 0 Å². The molecule has 1 aromatic carbocycles. The first-order valence-electron chi connectivity index (χ1n) is 8.33. The lowest BCUT2D eigenvalue weighted by Crippen LogP contribution is -2.40.